The number of imidazole rings is 1. The molecule has 0 spiro atoms. The average molecular weight is 332 g/mol. The Morgan fingerprint density at radius 3 is 2.96 bits per heavy atom. The van der Waals surface area contributed by atoms with Crippen LogP contribution in [0.1, 0.15) is 6.42 Å². The van der Waals surface area contributed by atoms with Gasteiger partial charge >= 0.3 is 6.03 Å². The lowest BCUT2D eigenvalue weighted by atomic mass is 10.2. The molecule has 2 saturated heterocycles. The number of nitrogens with one attached hydrogen (secondary N) is 1. The van der Waals surface area contributed by atoms with Crippen LogP contribution in [0.3, 0.4) is 0 Å². The van der Waals surface area contributed by atoms with Crippen LogP contribution in [0.2, 0.25) is 0 Å². The molecule has 23 heavy (non-hydrogen) atoms. The van der Waals surface area contributed by atoms with Gasteiger partial charge in [0.2, 0.25) is 0 Å². The highest BCUT2D eigenvalue weighted by Crippen LogP contribution is 2.18. The zero-order chi connectivity index (χ0) is 15.6. The maximum absolute atomic E-state index is 12.5. The fourth-order valence-electron chi connectivity index (χ4n) is 3.11. The molecular formula is C15H20N6OS. The van der Waals surface area contributed by atoms with Crippen LogP contribution >= 0.6 is 11.8 Å². The Bertz CT molecular complexity index is 698. The fraction of sp³-hybridized carbons (Fsp3) is 0.533. The summed E-state index contributed by atoms with van der Waals surface area (Å²) >= 11 is 1.92. The maximum atomic E-state index is 12.5. The van der Waals surface area contributed by atoms with Gasteiger partial charge in [-0.15, -0.1) is 5.10 Å². The van der Waals surface area contributed by atoms with E-state index in [0.29, 0.717) is 0 Å². The van der Waals surface area contributed by atoms with Gasteiger partial charge in [-0.25, -0.2) is 14.3 Å². The second kappa shape index (κ2) is 6.27. The first-order valence-electron chi connectivity index (χ1n) is 7.98. The molecule has 1 N–H and O–H groups in total. The van der Waals surface area contributed by atoms with E-state index in [4.69, 9.17) is 0 Å². The summed E-state index contributed by atoms with van der Waals surface area (Å²) in [6.07, 6.45) is 4.52. The Balaban J connectivity index is 1.37. The number of rotatable bonds is 2. The molecule has 1 atom stereocenters. The lowest BCUT2D eigenvalue weighted by Crippen LogP contribution is -2.46. The minimum absolute atomic E-state index is 0.188. The van der Waals surface area contributed by atoms with E-state index in [0.717, 1.165) is 55.6 Å². The Hall–Kier alpha value is -1.96. The summed E-state index contributed by atoms with van der Waals surface area (Å²) in [6, 6.07) is 4.33. The summed E-state index contributed by atoms with van der Waals surface area (Å²) in [7, 11) is 0. The van der Waals surface area contributed by atoms with Crippen LogP contribution in [0.5, 0.6) is 0 Å². The van der Waals surface area contributed by atoms with E-state index in [9.17, 15) is 4.79 Å². The number of anilines is 1. The molecule has 0 saturated carbocycles. The molecule has 4 rings (SSSR count). The lowest BCUT2D eigenvalue weighted by Gasteiger charge is -2.30. The molecule has 2 aliphatic heterocycles. The molecule has 4 heterocycles. The molecule has 2 amide bonds. The minimum atomic E-state index is 0.188. The average Bonchev–Trinajstić information content (AvgIpc) is 3.24. The highest BCUT2D eigenvalue weighted by atomic mass is 32.2. The largest absolute Gasteiger partial charge is 0.364 e. The van der Waals surface area contributed by atoms with Gasteiger partial charge in [0.25, 0.3) is 0 Å². The number of nitrogens with zero attached hydrogens (tertiary/aromatic N) is 5. The van der Waals surface area contributed by atoms with E-state index < -0.39 is 0 Å². The van der Waals surface area contributed by atoms with Crippen molar-refractivity contribution in [2.24, 2.45) is 0 Å². The van der Waals surface area contributed by atoms with E-state index in [2.05, 4.69) is 15.4 Å². The SMILES string of the molecule is O=C(N1CCSCC1)N1CCC(Nc2ccc3nccn3n2)C1. The first-order valence-corrected chi connectivity index (χ1v) is 9.13. The van der Waals surface area contributed by atoms with Crippen molar-refractivity contribution in [2.45, 2.75) is 12.5 Å². The minimum Gasteiger partial charge on any atom is -0.364 e. The molecule has 1 unspecified atom stereocenters. The van der Waals surface area contributed by atoms with Crippen LogP contribution in [-0.4, -0.2) is 74.2 Å². The van der Waals surface area contributed by atoms with Crippen molar-refractivity contribution in [3.8, 4) is 0 Å². The molecule has 7 nitrogen and oxygen atoms in total. The van der Waals surface area contributed by atoms with E-state index >= 15 is 0 Å². The van der Waals surface area contributed by atoms with Gasteiger partial charge in [-0.3, -0.25) is 0 Å². The Morgan fingerprint density at radius 2 is 2.09 bits per heavy atom. The topological polar surface area (TPSA) is 65.8 Å². The summed E-state index contributed by atoms with van der Waals surface area (Å²) in [6.45, 7) is 3.30. The summed E-state index contributed by atoms with van der Waals surface area (Å²) in [4.78, 5) is 20.7. The predicted molar refractivity (Wildman–Crippen MR) is 90.9 cm³/mol. The molecule has 2 aromatic rings. The van der Waals surface area contributed by atoms with E-state index in [1.807, 2.05) is 39.9 Å². The van der Waals surface area contributed by atoms with Crippen molar-refractivity contribution in [2.75, 3.05) is 43.0 Å². The van der Waals surface area contributed by atoms with Gasteiger partial charge in [0.05, 0.1) is 0 Å². The van der Waals surface area contributed by atoms with Crippen molar-refractivity contribution in [3.63, 3.8) is 0 Å². The molecule has 0 aromatic carbocycles. The summed E-state index contributed by atoms with van der Waals surface area (Å²) in [5.74, 6) is 2.93. The van der Waals surface area contributed by atoms with Gasteiger partial charge in [0, 0.05) is 56.1 Å². The van der Waals surface area contributed by atoms with Crippen molar-refractivity contribution in [1.29, 1.82) is 0 Å². The highest BCUT2D eigenvalue weighted by Gasteiger charge is 2.30. The third kappa shape index (κ3) is 3.08. The molecule has 122 valence electrons. The summed E-state index contributed by atoms with van der Waals surface area (Å²) in [5, 5.41) is 7.92. The van der Waals surface area contributed by atoms with Crippen LogP contribution in [-0.2, 0) is 0 Å². The highest BCUT2D eigenvalue weighted by molar-refractivity contribution is 7.99. The quantitative estimate of drug-likeness (QED) is 0.900. The lowest BCUT2D eigenvalue weighted by molar-refractivity contribution is 0.167. The van der Waals surface area contributed by atoms with Gasteiger partial charge in [-0.2, -0.15) is 11.8 Å². The van der Waals surface area contributed by atoms with Crippen molar-refractivity contribution in [1.82, 2.24) is 24.4 Å². The van der Waals surface area contributed by atoms with Crippen LogP contribution < -0.4 is 5.32 Å². The molecule has 0 aliphatic carbocycles. The first-order chi connectivity index (χ1) is 11.3. The predicted octanol–water partition coefficient (Wildman–Crippen LogP) is 1.38. The number of likely N-dealkylation sites (tertiary alicyclic amines) is 1. The number of hydrogen-bond donors (Lipinski definition) is 1. The number of amides is 2. The van der Waals surface area contributed by atoms with Gasteiger partial charge in [-0.1, -0.05) is 0 Å². The number of thioether (sulfide) groups is 1. The van der Waals surface area contributed by atoms with E-state index in [1.165, 1.54) is 0 Å². The Labute approximate surface area is 139 Å². The standard InChI is InChI=1S/C15H20N6OS/c22-15(19-7-9-23-10-8-19)20-5-3-12(11-20)17-13-1-2-14-16-4-6-21(14)18-13/h1-2,4,6,12H,3,5,7-11H2,(H,17,18). The summed E-state index contributed by atoms with van der Waals surface area (Å²) in [5.41, 5.74) is 0.835. The monoisotopic (exact) mass is 332 g/mol. The Morgan fingerprint density at radius 1 is 1.22 bits per heavy atom. The van der Waals surface area contributed by atoms with E-state index in [1.54, 1.807) is 10.7 Å². The molecule has 2 aliphatic rings. The zero-order valence-corrected chi connectivity index (χ0v) is 13.7. The smallest absolute Gasteiger partial charge is 0.320 e. The van der Waals surface area contributed by atoms with Crippen LogP contribution in [0.15, 0.2) is 24.5 Å². The maximum Gasteiger partial charge on any atom is 0.320 e. The molecule has 2 fully saturated rings. The van der Waals surface area contributed by atoms with Gasteiger partial charge in [0.1, 0.15) is 5.82 Å². The third-order valence-corrected chi connectivity index (χ3v) is 5.29. The molecule has 2 aromatic heterocycles. The zero-order valence-electron chi connectivity index (χ0n) is 12.9. The number of carbonyl (C=O) groups excluding carboxylic acids is 1. The molecular weight excluding hydrogens is 312 g/mol. The van der Waals surface area contributed by atoms with Gasteiger partial charge in [0.15, 0.2) is 5.65 Å². The Kier molecular flexibility index (Phi) is 3.99. The normalized spacial score (nSPS) is 21.8. The van der Waals surface area contributed by atoms with Crippen LogP contribution in [0, 0.1) is 0 Å². The van der Waals surface area contributed by atoms with Gasteiger partial charge < -0.3 is 15.1 Å². The molecule has 8 heteroatoms. The third-order valence-electron chi connectivity index (χ3n) is 4.35. The number of urea groups is 1. The molecule has 0 bridgehead atoms. The number of aromatic nitrogens is 3. The number of carbonyl (C=O) groups is 1. The van der Waals surface area contributed by atoms with Gasteiger partial charge in [-0.05, 0) is 18.6 Å². The van der Waals surface area contributed by atoms with Crippen molar-refractivity contribution in [3.05, 3.63) is 24.5 Å². The fourth-order valence-corrected chi connectivity index (χ4v) is 4.01. The molecule has 0 radical (unpaired) electrons. The van der Waals surface area contributed by atoms with Crippen molar-refractivity contribution >= 4 is 29.3 Å². The summed E-state index contributed by atoms with van der Waals surface area (Å²) < 4.78 is 1.76. The van der Waals surface area contributed by atoms with E-state index in [-0.39, 0.29) is 12.1 Å². The number of hydrogen-bond acceptors (Lipinski definition) is 5. The van der Waals surface area contributed by atoms with Crippen LogP contribution in [0.25, 0.3) is 5.65 Å². The first kappa shape index (κ1) is 14.6. The number of fused-ring (bicyclic) bond motifs is 1. The van der Waals surface area contributed by atoms with Crippen LogP contribution in [0.4, 0.5) is 10.6 Å². The van der Waals surface area contributed by atoms with Crippen molar-refractivity contribution < 1.29 is 4.79 Å². The second-order valence-electron chi connectivity index (χ2n) is 5.91. The second-order valence-corrected chi connectivity index (χ2v) is 7.13.